The largest absolute Gasteiger partial charge is 0.459 e. The molecule has 3 amide bonds. The molecule has 124 valence electrons. The topological polar surface area (TPSA) is 99.5 Å². The summed E-state index contributed by atoms with van der Waals surface area (Å²) in [5.74, 6) is -1.03. The molecule has 0 aromatic heterocycles. The van der Waals surface area contributed by atoms with E-state index in [1.807, 2.05) is 6.07 Å². The average molecular weight is 327 g/mol. The zero-order valence-electron chi connectivity index (χ0n) is 13.1. The van der Waals surface area contributed by atoms with Crippen LogP contribution in [0.5, 0.6) is 0 Å². The van der Waals surface area contributed by atoms with Crippen molar-refractivity contribution in [3.63, 3.8) is 0 Å². The molecule has 0 bridgehead atoms. The van der Waals surface area contributed by atoms with E-state index in [0.717, 1.165) is 17.7 Å². The van der Waals surface area contributed by atoms with Crippen molar-refractivity contribution in [2.75, 3.05) is 6.54 Å². The number of carbonyl (C=O) groups is 3. The minimum Gasteiger partial charge on any atom is -0.459 e. The number of amides is 3. The summed E-state index contributed by atoms with van der Waals surface area (Å²) in [6.45, 7) is -0.488. The number of hydrogen-bond donors (Lipinski definition) is 1. The van der Waals surface area contributed by atoms with Crippen molar-refractivity contribution in [1.82, 2.24) is 10.2 Å². The fourth-order valence-electron chi connectivity index (χ4n) is 3.23. The summed E-state index contributed by atoms with van der Waals surface area (Å²) in [6.07, 6.45) is 2.99. The maximum Gasteiger partial charge on any atom is 0.326 e. The molecule has 7 heteroatoms. The molecule has 1 aromatic carbocycles. The lowest BCUT2D eigenvalue weighted by molar-refractivity contribution is -0.148. The van der Waals surface area contributed by atoms with E-state index >= 15 is 0 Å². The first kappa shape index (κ1) is 16.0. The number of rotatable bonds is 4. The van der Waals surface area contributed by atoms with Crippen molar-refractivity contribution in [3.05, 3.63) is 35.4 Å². The molecule has 7 nitrogen and oxygen atoms in total. The lowest BCUT2D eigenvalue weighted by atomic mass is 9.98. The number of ether oxygens (including phenoxy) is 1. The van der Waals surface area contributed by atoms with Gasteiger partial charge in [-0.25, -0.2) is 4.79 Å². The van der Waals surface area contributed by atoms with Crippen molar-refractivity contribution >= 4 is 17.9 Å². The Morgan fingerprint density at radius 2 is 2.00 bits per heavy atom. The predicted molar refractivity (Wildman–Crippen MR) is 82.4 cm³/mol. The Morgan fingerprint density at radius 1 is 1.29 bits per heavy atom. The number of hydrogen-bond acceptors (Lipinski definition) is 5. The molecule has 0 radical (unpaired) electrons. The lowest BCUT2D eigenvalue weighted by Crippen LogP contribution is -2.44. The van der Waals surface area contributed by atoms with Gasteiger partial charge in [0.05, 0.1) is 11.6 Å². The molecule has 0 unspecified atom stereocenters. The van der Waals surface area contributed by atoms with Crippen molar-refractivity contribution in [2.24, 2.45) is 0 Å². The second kappa shape index (κ2) is 6.32. The first-order chi connectivity index (χ1) is 11.6. The lowest BCUT2D eigenvalue weighted by Gasteiger charge is -2.19. The summed E-state index contributed by atoms with van der Waals surface area (Å²) in [5, 5.41) is 11.7. The predicted octanol–water partition coefficient (Wildman–Crippen LogP) is 1.47. The normalized spacial score (nSPS) is 18.5. The number of benzene rings is 1. The Labute approximate surface area is 139 Å². The summed E-state index contributed by atoms with van der Waals surface area (Å²) in [6, 6.07) is 8.25. The smallest absolute Gasteiger partial charge is 0.326 e. The molecular formula is C17H17N3O4. The standard InChI is InChI=1S/C17H17N3O4/c18-9-12-5-1-2-6-13(12)11-24-14(21)10-20-15(22)17(19-16(20)23)7-3-4-8-17/h1-2,5-6H,3-4,7-8,10-11H2,(H,19,23). The Balaban J connectivity index is 1.60. The van der Waals surface area contributed by atoms with Gasteiger partial charge in [-0.15, -0.1) is 0 Å². The van der Waals surface area contributed by atoms with Gasteiger partial charge >= 0.3 is 12.0 Å². The highest BCUT2D eigenvalue weighted by Crippen LogP contribution is 2.34. The summed E-state index contributed by atoms with van der Waals surface area (Å²) in [7, 11) is 0. The van der Waals surface area contributed by atoms with Crippen LogP contribution in [0.4, 0.5) is 4.79 Å². The van der Waals surface area contributed by atoms with E-state index in [1.165, 1.54) is 0 Å². The van der Waals surface area contributed by atoms with Gasteiger partial charge in [0.25, 0.3) is 5.91 Å². The van der Waals surface area contributed by atoms with E-state index in [9.17, 15) is 14.4 Å². The van der Waals surface area contributed by atoms with Crippen LogP contribution in [0.3, 0.4) is 0 Å². The van der Waals surface area contributed by atoms with Crippen LogP contribution in [-0.4, -0.2) is 34.9 Å². The van der Waals surface area contributed by atoms with E-state index in [-0.39, 0.29) is 12.5 Å². The first-order valence-corrected chi connectivity index (χ1v) is 7.83. The number of nitriles is 1. The number of carbonyl (C=O) groups excluding carboxylic acids is 3. The van der Waals surface area contributed by atoms with Crippen LogP contribution in [0.2, 0.25) is 0 Å². The zero-order chi connectivity index (χ0) is 17.2. The summed E-state index contributed by atoms with van der Waals surface area (Å²) < 4.78 is 5.12. The van der Waals surface area contributed by atoms with E-state index in [0.29, 0.717) is 24.0 Å². The Kier molecular flexibility index (Phi) is 4.21. The fourth-order valence-corrected chi connectivity index (χ4v) is 3.23. The first-order valence-electron chi connectivity index (χ1n) is 7.83. The fraction of sp³-hybridized carbons (Fsp3) is 0.412. The van der Waals surface area contributed by atoms with Gasteiger partial charge in [-0.3, -0.25) is 14.5 Å². The molecule has 0 atom stereocenters. The summed E-state index contributed by atoms with van der Waals surface area (Å²) in [5.41, 5.74) is 0.174. The van der Waals surface area contributed by atoms with Gasteiger partial charge in [0, 0.05) is 5.56 Å². The maximum absolute atomic E-state index is 12.4. The summed E-state index contributed by atoms with van der Waals surface area (Å²) >= 11 is 0. The Bertz CT molecular complexity index is 732. The second-order valence-corrected chi connectivity index (χ2v) is 6.04. The molecule has 1 saturated heterocycles. The van der Waals surface area contributed by atoms with Crippen LogP contribution in [0.25, 0.3) is 0 Å². The number of urea groups is 1. The molecular weight excluding hydrogens is 310 g/mol. The molecule has 1 heterocycles. The van der Waals surface area contributed by atoms with Crippen LogP contribution in [0.15, 0.2) is 24.3 Å². The quantitative estimate of drug-likeness (QED) is 0.667. The molecule has 2 aliphatic rings. The van der Waals surface area contributed by atoms with Crippen LogP contribution in [0.1, 0.15) is 36.8 Å². The minimum atomic E-state index is -0.829. The number of imide groups is 1. The van der Waals surface area contributed by atoms with Crippen LogP contribution >= 0.6 is 0 Å². The van der Waals surface area contributed by atoms with Crippen LogP contribution in [-0.2, 0) is 20.9 Å². The van der Waals surface area contributed by atoms with Gasteiger partial charge in [-0.05, 0) is 18.9 Å². The van der Waals surface area contributed by atoms with Crippen molar-refractivity contribution in [2.45, 2.75) is 37.8 Å². The van der Waals surface area contributed by atoms with Crippen LogP contribution < -0.4 is 5.32 Å². The van der Waals surface area contributed by atoms with Gasteiger partial charge in [-0.1, -0.05) is 31.0 Å². The third kappa shape index (κ3) is 2.83. The Morgan fingerprint density at radius 3 is 2.71 bits per heavy atom. The number of nitrogens with one attached hydrogen (secondary N) is 1. The molecule has 1 aliphatic heterocycles. The molecule has 1 saturated carbocycles. The highest BCUT2D eigenvalue weighted by atomic mass is 16.5. The monoisotopic (exact) mass is 327 g/mol. The summed E-state index contributed by atoms with van der Waals surface area (Å²) in [4.78, 5) is 37.3. The van der Waals surface area contributed by atoms with Gasteiger partial charge in [0.2, 0.25) is 0 Å². The molecule has 1 N–H and O–H groups in total. The molecule has 24 heavy (non-hydrogen) atoms. The zero-order valence-corrected chi connectivity index (χ0v) is 13.1. The maximum atomic E-state index is 12.4. The third-order valence-electron chi connectivity index (χ3n) is 4.52. The minimum absolute atomic E-state index is 0.0721. The molecule has 1 aliphatic carbocycles. The van der Waals surface area contributed by atoms with E-state index in [4.69, 9.17) is 10.00 Å². The SMILES string of the molecule is N#Cc1ccccc1COC(=O)CN1C(=O)NC2(CCCC2)C1=O. The van der Waals surface area contributed by atoms with E-state index in [2.05, 4.69) is 5.32 Å². The van der Waals surface area contributed by atoms with Gasteiger partial charge < -0.3 is 10.1 Å². The van der Waals surface area contributed by atoms with Crippen LogP contribution in [0, 0.1) is 11.3 Å². The third-order valence-corrected chi connectivity index (χ3v) is 4.52. The van der Waals surface area contributed by atoms with Gasteiger partial charge in [-0.2, -0.15) is 5.26 Å². The number of nitrogens with zero attached hydrogens (tertiary/aromatic N) is 2. The second-order valence-electron chi connectivity index (χ2n) is 6.04. The molecule has 1 spiro atoms. The molecule has 1 aromatic rings. The Hall–Kier alpha value is -2.88. The highest BCUT2D eigenvalue weighted by molar-refractivity contribution is 6.08. The van der Waals surface area contributed by atoms with Crippen molar-refractivity contribution in [3.8, 4) is 6.07 Å². The van der Waals surface area contributed by atoms with Crippen molar-refractivity contribution < 1.29 is 19.1 Å². The molecule has 3 rings (SSSR count). The van der Waals surface area contributed by atoms with E-state index < -0.39 is 24.1 Å². The van der Waals surface area contributed by atoms with E-state index in [1.54, 1.807) is 24.3 Å². The average Bonchev–Trinajstić information content (AvgIpc) is 3.14. The number of esters is 1. The highest BCUT2D eigenvalue weighted by Gasteiger charge is 2.52. The van der Waals surface area contributed by atoms with Gasteiger partial charge in [0.1, 0.15) is 18.7 Å². The van der Waals surface area contributed by atoms with Crippen molar-refractivity contribution in [1.29, 1.82) is 5.26 Å². The van der Waals surface area contributed by atoms with Gasteiger partial charge in [0.15, 0.2) is 0 Å². The molecule has 2 fully saturated rings.